The number of rotatable bonds is 3. The van der Waals surface area contributed by atoms with Crippen molar-refractivity contribution in [1.82, 2.24) is 20.1 Å². The number of carbonyl (C=O) groups excluding carboxylic acids is 1. The highest BCUT2D eigenvalue weighted by molar-refractivity contribution is 5.95. The van der Waals surface area contributed by atoms with Crippen LogP contribution in [0.4, 0.5) is 5.82 Å². The van der Waals surface area contributed by atoms with E-state index in [2.05, 4.69) is 20.3 Å². The van der Waals surface area contributed by atoms with Gasteiger partial charge in [-0.3, -0.25) is 9.48 Å². The number of hydrogen-bond acceptors (Lipinski definition) is 4. The molecule has 0 radical (unpaired) electrons. The molecular formula is C16H21N5O. The minimum absolute atomic E-state index is 0.0431. The molecule has 3 rings (SSSR count). The zero-order valence-corrected chi connectivity index (χ0v) is 13.0. The summed E-state index contributed by atoms with van der Waals surface area (Å²) < 4.78 is 1.67. The van der Waals surface area contributed by atoms with Crippen LogP contribution < -0.4 is 10.2 Å². The minimum atomic E-state index is -0.0431. The van der Waals surface area contributed by atoms with E-state index in [4.69, 9.17) is 0 Å². The average Bonchev–Trinajstić information content (AvgIpc) is 2.87. The summed E-state index contributed by atoms with van der Waals surface area (Å²) in [6.45, 7) is 3.63. The summed E-state index contributed by atoms with van der Waals surface area (Å²) in [5.74, 6) is 0.928. The molecule has 1 aliphatic rings. The van der Waals surface area contributed by atoms with Crippen molar-refractivity contribution in [2.24, 2.45) is 7.05 Å². The molecule has 0 spiro atoms. The predicted molar refractivity (Wildman–Crippen MR) is 84.9 cm³/mol. The van der Waals surface area contributed by atoms with Crippen LogP contribution in [0.1, 0.15) is 28.9 Å². The Kier molecular flexibility index (Phi) is 4.09. The zero-order valence-electron chi connectivity index (χ0n) is 13.0. The Hall–Kier alpha value is -2.37. The minimum Gasteiger partial charge on any atom is -0.355 e. The van der Waals surface area contributed by atoms with Crippen molar-refractivity contribution >= 4 is 11.7 Å². The van der Waals surface area contributed by atoms with Crippen LogP contribution in [0.15, 0.2) is 30.6 Å². The summed E-state index contributed by atoms with van der Waals surface area (Å²) in [7, 11) is 1.83. The third-order valence-corrected chi connectivity index (χ3v) is 3.99. The summed E-state index contributed by atoms with van der Waals surface area (Å²) in [5.41, 5.74) is 1.41. The number of nitrogens with one attached hydrogen (secondary N) is 1. The highest BCUT2D eigenvalue weighted by Crippen LogP contribution is 2.17. The maximum absolute atomic E-state index is 12.4. The van der Waals surface area contributed by atoms with E-state index in [1.165, 1.54) is 0 Å². The first-order valence-electron chi connectivity index (χ1n) is 7.60. The lowest BCUT2D eigenvalue weighted by Gasteiger charge is -2.33. The van der Waals surface area contributed by atoms with Crippen LogP contribution in [0.25, 0.3) is 0 Å². The van der Waals surface area contributed by atoms with Gasteiger partial charge in [0.1, 0.15) is 5.82 Å². The standard InChI is InChI=1S/C16H21N5O/c1-12-14(11-20(2)19-12)16(22)18-13-6-5-9-21(10-13)15-7-3-4-8-17-15/h3-4,7-8,11,13H,5-6,9-10H2,1-2H3,(H,18,22). The molecule has 2 aromatic rings. The first-order chi connectivity index (χ1) is 10.6. The Morgan fingerprint density at radius 1 is 1.41 bits per heavy atom. The molecule has 1 unspecified atom stereocenters. The van der Waals surface area contributed by atoms with Gasteiger partial charge in [0.25, 0.3) is 5.91 Å². The van der Waals surface area contributed by atoms with E-state index in [1.807, 2.05) is 32.2 Å². The quantitative estimate of drug-likeness (QED) is 0.933. The van der Waals surface area contributed by atoms with Crippen LogP contribution in [-0.2, 0) is 7.05 Å². The maximum atomic E-state index is 12.4. The molecule has 0 aromatic carbocycles. The number of nitrogens with zero attached hydrogens (tertiary/aromatic N) is 4. The Morgan fingerprint density at radius 3 is 2.95 bits per heavy atom. The van der Waals surface area contributed by atoms with Crippen LogP contribution in [0.3, 0.4) is 0 Å². The van der Waals surface area contributed by atoms with Gasteiger partial charge in [-0.1, -0.05) is 6.07 Å². The highest BCUT2D eigenvalue weighted by Gasteiger charge is 2.23. The molecule has 2 aromatic heterocycles. The lowest BCUT2D eigenvalue weighted by atomic mass is 10.1. The molecule has 1 saturated heterocycles. The average molecular weight is 299 g/mol. The monoisotopic (exact) mass is 299 g/mol. The Labute approximate surface area is 130 Å². The molecule has 0 saturated carbocycles. The Bertz CT molecular complexity index is 652. The van der Waals surface area contributed by atoms with E-state index in [0.29, 0.717) is 5.56 Å². The maximum Gasteiger partial charge on any atom is 0.255 e. The van der Waals surface area contributed by atoms with Crippen LogP contribution in [0, 0.1) is 6.92 Å². The SMILES string of the molecule is Cc1nn(C)cc1C(=O)NC1CCCN(c2ccccn2)C1. The van der Waals surface area contributed by atoms with Gasteiger partial charge in [-0.2, -0.15) is 5.10 Å². The van der Waals surface area contributed by atoms with Gasteiger partial charge >= 0.3 is 0 Å². The van der Waals surface area contributed by atoms with Gasteiger partial charge in [0.2, 0.25) is 0 Å². The fraction of sp³-hybridized carbons (Fsp3) is 0.438. The van der Waals surface area contributed by atoms with Gasteiger partial charge in [0.15, 0.2) is 0 Å². The predicted octanol–water partition coefficient (Wildman–Crippen LogP) is 1.52. The Balaban J connectivity index is 1.65. The molecule has 116 valence electrons. The highest BCUT2D eigenvalue weighted by atomic mass is 16.1. The number of anilines is 1. The van der Waals surface area contributed by atoms with E-state index in [-0.39, 0.29) is 11.9 Å². The summed E-state index contributed by atoms with van der Waals surface area (Å²) >= 11 is 0. The fourth-order valence-corrected chi connectivity index (χ4v) is 2.93. The van der Waals surface area contributed by atoms with Gasteiger partial charge in [0, 0.05) is 38.6 Å². The van der Waals surface area contributed by atoms with Gasteiger partial charge in [-0.05, 0) is 31.9 Å². The zero-order chi connectivity index (χ0) is 15.5. The van der Waals surface area contributed by atoms with E-state index in [9.17, 15) is 4.79 Å². The van der Waals surface area contributed by atoms with Crippen molar-refractivity contribution in [2.45, 2.75) is 25.8 Å². The van der Waals surface area contributed by atoms with Gasteiger partial charge in [0.05, 0.1) is 11.3 Å². The topological polar surface area (TPSA) is 63.1 Å². The van der Waals surface area contributed by atoms with E-state index in [1.54, 1.807) is 17.1 Å². The lowest BCUT2D eigenvalue weighted by molar-refractivity contribution is 0.0932. The number of pyridine rings is 1. The molecule has 0 bridgehead atoms. The molecule has 1 fully saturated rings. The number of amides is 1. The summed E-state index contributed by atoms with van der Waals surface area (Å²) in [4.78, 5) is 19.0. The van der Waals surface area contributed by atoms with Crippen molar-refractivity contribution in [3.63, 3.8) is 0 Å². The van der Waals surface area contributed by atoms with Crippen LogP contribution in [-0.4, -0.2) is 39.8 Å². The van der Waals surface area contributed by atoms with Crippen molar-refractivity contribution < 1.29 is 4.79 Å². The smallest absolute Gasteiger partial charge is 0.255 e. The molecule has 0 aliphatic carbocycles. The second-order valence-corrected chi connectivity index (χ2v) is 5.75. The summed E-state index contributed by atoms with van der Waals surface area (Å²) in [6, 6.07) is 6.06. The van der Waals surface area contributed by atoms with Gasteiger partial charge in [-0.15, -0.1) is 0 Å². The van der Waals surface area contributed by atoms with E-state index < -0.39 is 0 Å². The molecule has 3 heterocycles. The van der Waals surface area contributed by atoms with E-state index in [0.717, 1.165) is 37.4 Å². The van der Waals surface area contributed by atoms with Crippen molar-refractivity contribution in [1.29, 1.82) is 0 Å². The van der Waals surface area contributed by atoms with Crippen molar-refractivity contribution in [2.75, 3.05) is 18.0 Å². The van der Waals surface area contributed by atoms with Crippen molar-refractivity contribution in [3.8, 4) is 0 Å². The largest absolute Gasteiger partial charge is 0.355 e. The number of carbonyl (C=O) groups is 1. The molecule has 6 heteroatoms. The number of aromatic nitrogens is 3. The summed E-state index contributed by atoms with van der Waals surface area (Å²) in [6.07, 6.45) is 5.61. The molecule has 6 nitrogen and oxygen atoms in total. The summed E-state index contributed by atoms with van der Waals surface area (Å²) in [5, 5.41) is 7.35. The third-order valence-electron chi connectivity index (χ3n) is 3.99. The first kappa shape index (κ1) is 14.6. The molecule has 1 N–H and O–H groups in total. The second kappa shape index (κ2) is 6.17. The molecule has 22 heavy (non-hydrogen) atoms. The van der Waals surface area contributed by atoms with Gasteiger partial charge in [-0.25, -0.2) is 4.98 Å². The normalized spacial score (nSPS) is 18.3. The van der Waals surface area contributed by atoms with Crippen LogP contribution in [0.2, 0.25) is 0 Å². The Morgan fingerprint density at radius 2 is 2.27 bits per heavy atom. The third kappa shape index (κ3) is 3.10. The lowest BCUT2D eigenvalue weighted by Crippen LogP contribution is -2.48. The molecule has 1 atom stereocenters. The van der Waals surface area contributed by atoms with E-state index >= 15 is 0 Å². The van der Waals surface area contributed by atoms with Crippen LogP contribution >= 0.6 is 0 Å². The number of piperidine rings is 1. The first-order valence-corrected chi connectivity index (χ1v) is 7.60. The molecular weight excluding hydrogens is 278 g/mol. The van der Waals surface area contributed by atoms with Crippen molar-refractivity contribution in [3.05, 3.63) is 41.9 Å². The molecule has 1 amide bonds. The molecule has 1 aliphatic heterocycles. The second-order valence-electron chi connectivity index (χ2n) is 5.75. The fourth-order valence-electron chi connectivity index (χ4n) is 2.93. The van der Waals surface area contributed by atoms with Crippen LogP contribution in [0.5, 0.6) is 0 Å². The number of aryl methyl sites for hydroxylation is 2. The number of hydrogen-bond donors (Lipinski definition) is 1. The van der Waals surface area contributed by atoms with Gasteiger partial charge < -0.3 is 10.2 Å².